The minimum absolute atomic E-state index is 0.0110. The third kappa shape index (κ3) is 2.38. The number of nitrogens with zero attached hydrogens (tertiary/aromatic N) is 1. The summed E-state index contributed by atoms with van der Waals surface area (Å²) in [6.45, 7) is -0.0110. The van der Waals surface area contributed by atoms with Gasteiger partial charge in [0.2, 0.25) is 0 Å². The van der Waals surface area contributed by atoms with E-state index in [9.17, 15) is 8.42 Å². The van der Waals surface area contributed by atoms with E-state index in [0.717, 1.165) is 0 Å². The van der Waals surface area contributed by atoms with Crippen molar-refractivity contribution in [1.82, 2.24) is 4.98 Å². The summed E-state index contributed by atoms with van der Waals surface area (Å²) in [4.78, 5) is 4.16. The average molecular weight is 231 g/mol. The molecule has 1 aliphatic heterocycles. The highest BCUT2D eigenvalue weighted by atomic mass is 32.2. The molecule has 0 aliphatic carbocycles. The van der Waals surface area contributed by atoms with Crippen LogP contribution in [0.15, 0.2) is 10.7 Å². The minimum Gasteiger partial charge on any atom is -0.449 e. The van der Waals surface area contributed by atoms with Gasteiger partial charge in [0, 0.05) is 12.3 Å². The molecule has 6 heteroatoms. The highest BCUT2D eigenvalue weighted by molar-refractivity contribution is 7.91. The zero-order valence-corrected chi connectivity index (χ0v) is 9.03. The maximum atomic E-state index is 11.2. The average Bonchev–Trinajstić information content (AvgIpc) is 2.73. The second-order valence-corrected chi connectivity index (χ2v) is 5.97. The largest absolute Gasteiger partial charge is 0.449 e. The van der Waals surface area contributed by atoms with E-state index < -0.39 is 9.84 Å². The lowest BCUT2D eigenvalue weighted by Gasteiger charge is -1.99. The maximum Gasteiger partial charge on any atom is 0.196 e. The van der Waals surface area contributed by atoms with E-state index in [1.54, 1.807) is 0 Å². The standard InChI is InChI=1S/C9H13NO4S/c11-3-1-9-10-8(5-14-9)7-2-4-15(12,13)6-7/h5,7,11H,1-4,6H2. The van der Waals surface area contributed by atoms with Gasteiger partial charge in [-0.1, -0.05) is 0 Å². The number of rotatable bonds is 3. The van der Waals surface area contributed by atoms with Gasteiger partial charge in [-0.15, -0.1) is 0 Å². The van der Waals surface area contributed by atoms with Crippen LogP contribution < -0.4 is 0 Å². The molecule has 1 aromatic heterocycles. The number of oxazole rings is 1. The van der Waals surface area contributed by atoms with E-state index in [0.29, 0.717) is 24.4 Å². The molecule has 0 amide bonds. The van der Waals surface area contributed by atoms with E-state index in [1.165, 1.54) is 6.26 Å². The van der Waals surface area contributed by atoms with Crippen LogP contribution in [-0.4, -0.2) is 36.6 Å². The Morgan fingerprint density at radius 3 is 3.00 bits per heavy atom. The minimum atomic E-state index is -2.88. The van der Waals surface area contributed by atoms with Crippen molar-refractivity contribution in [3.8, 4) is 0 Å². The molecule has 1 unspecified atom stereocenters. The molecule has 1 aromatic rings. The van der Waals surface area contributed by atoms with Crippen LogP contribution in [0.3, 0.4) is 0 Å². The predicted molar refractivity (Wildman–Crippen MR) is 53.3 cm³/mol. The van der Waals surface area contributed by atoms with Crippen LogP contribution in [0.2, 0.25) is 0 Å². The van der Waals surface area contributed by atoms with Gasteiger partial charge in [0.25, 0.3) is 0 Å². The van der Waals surface area contributed by atoms with Gasteiger partial charge in [-0.2, -0.15) is 0 Å². The fraction of sp³-hybridized carbons (Fsp3) is 0.667. The van der Waals surface area contributed by atoms with Crippen LogP contribution in [0.4, 0.5) is 0 Å². The Balaban J connectivity index is 2.10. The Labute approximate surface area is 88.0 Å². The Morgan fingerprint density at radius 2 is 2.40 bits per heavy atom. The van der Waals surface area contributed by atoms with Crippen LogP contribution in [-0.2, 0) is 16.3 Å². The molecule has 5 nitrogen and oxygen atoms in total. The van der Waals surface area contributed by atoms with E-state index in [2.05, 4.69) is 4.98 Å². The van der Waals surface area contributed by atoms with Gasteiger partial charge in [0.05, 0.1) is 23.8 Å². The van der Waals surface area contributed by atoms with Crippen LogP contribution >= 0.6 is 0 Å². The molecule has 0 spiro atoms. The first-order valence-electron chi connectivity index (χ1n) is 4.86. The number of aliphatic hydroxyl groups is 1. The van der Waals surface area contributed by atoms with Crippen LogP contribution in [0, 0.1) is 0 Å². The first-order valence-corrected chi connectivity index (χ1v) is 6.68. The van der Waals surface area contributed by atoms with Crippen molar-refractivity contribution >= 4 is 9.84 Å². The quantitative estimate of drug-likeness (QED) is 0.798. The molecule has 1 aliphatic rings. The Kier molecular flexibility index (Phi) is 2.79. The van der Waals surface area contributed by atoms with Gasteiger partial charge in [-0.3, -0.25) is 0 Å². The molecule has 1 N–H and O–H groups in total. The highest BCUT2D eigenvalue weighted by Crippen LogP contribution is 2.28. The molecule has 0 saturated carbocycles. The van der Waals surface area contributed by atoms with Gasteiger partial charge in [-0.25, -0.2) is 13.4 Å². The summed E-state index contributed by atoms with van der Waals surface area (Å²) >= 11 is 0. The lowest BCUT2D eigenvalue weighted by atomic mass is 10.1. The predicted octanol–water partition coefficient (Wildman–Crippen LogP) is 0.111. The Morgan fingerprint density at radius 1 is 1.60 bits per heavy atom. The molecule has 2 rings (SSSR count). The monoisotopic (exact) mass is 231 g/mol. The summed E-state index contributed by atoms with van der Waals surface area (Å²) < 4.78 is 27.6. The Hall–Kier alpha value is -0.880. The smallest absolute Gasteiger partial charge is 0.196 e. The van der Waals surface area contributed by atoms with Crippen LogP contribution in [0.1, 0.15) is 23.9 Å². The fourth-order valence-corrected chi connectivity index (χ4v) is 3.51. The van der Waals surface area contributed by atoms with Crippen molar-refractivity contribution < 1.29 is 17.9 Å². The first kappa shape index (κ1) is 10.6. The molecule has 84 valence electrons. The number of aliphatic hydroxyl groups excluding tert-OH is 1. The molecule has 1 fully saturated rings. The summed E-state index contributed by atoms with van der Waals surface area (Å²) in [5.41, 5.74) is 0.694. The molecular formula is C9H13NO4S. The van der Waals surface area contributed by atoms with Gasteiger partial charge in [0.1, 0.15) is 6.26 Å². The van der Waals surface area contributed by atoms with Crippen molar-refractivity contribution in [2.75, 3.05) is 18.1 Å². The maximum absolute atomic E-state index is 11.2. The highest BCUT2D eigenvalue weighted by Gasteiger charge is 2.30. The molecule has 1 atom stereocenters. The van der Waals surface area contributed by atoms with Gasteiger partial charge >= 0.3 is 0 Å². The molecular weight excluding hydrogens is 218 g/mol. The number of aromatic nitrogens is 1. The zero-order valence-electron chi connectivity index (χ0n) is 8.22. The van der Waals surface area contributed by atoms with Gasteiger partial charge in [-0.05, 0) is 6.42 Å². The third-order valence-electron chi connectivity index (χ3n) is 2.55. The van der Waals surface area contributed by atoms with E-state index in [1.807, 2.05) is 0 Å². The zero-order chi connectivity index (χ0) is 10.9. The fourth-order valence-electron chi connectivity index (χ4n) is 1.75. The van der Waals surface area contributed by atoms with Crippen molar-refractivity contribution in [3.63, 3.8) is 0 Å². The van der Waals surface area contributed by atoms with Gasteiger partial charge in [0.15, 0.2) is 15.7 Å². The molecule has 0 bridgehead atoms. The first-order chi connectivity index (χ1) is 7.11. The lowest BCUT2D eigenvalue weighted by molar-refractivity contribution is 0.285. The summed E-state index contributed by atoms with van der Waals surface area (Å²) in [5.74, 6) is 0.834. The number of sulfone groups is 1. The topological polar surface area (TPSA) is 80.4 Å². The number of hydrogen-bond acceptors (Lipinski definition) is 5. The summed E-state index contributed by atoms with van der Waals surface area (Å²) in [5, 5.41) is 8.68. The normalized spacial score (nSPS) is 24.5. The lowest BCUT2D eigenvalue weighted by Crippen LogP contribution is -2.04. The van der Waals surface area contributed by atoms with Crippen molar-refractivity contribution in [1.29, 1.82) is 0 Å². The molecule has 2 heterocycles. The van der Waals surface area contributed by atoms with Crippen molar-refractivity contribution in [2.45, 2.75) is 18.8 Å². The summed E-state index contributed by atoms with van der Waals surface area (Å²) in [7, 11) is -2.88. The van der Waals surface area contributed by atoms with E-state index in [4.69, 9.17) is 9.52 Å². The van der Waals surface area contributed by atoms with E-state index >= 15 is 0 Å². The molecule has 0 radical (unpaired) electrons. The SMILES string of the molecule is O=S1(=O)CCC(c2coc(CCO)n2)C1. The molecule has 0 aromatic carbocycles. The molecule has 15 heavy (non-hydrogen) atoms. The van der Waals surface area contributed by atoms with Crippen molar-refractivity contribution in [3.05, 3.63) is 17.8 Å². The summed E-state index contributed by atoms with van der Waals surface area (Å²) in [6.07, 6.45) is 2.49. The second kappa shape index (κ2) is 3.94. The van der Waals surface area contributed by atoms with Gasteiger partial charge < -0.3 is 9.52 Å². The van der Waals surface area contributed by atoms with Crippen LogP contribution in [0.5, 0.6) is 0 Å². The van der Waals surface area contributed by atoms with Crippen molar-refractivity contribution in [2.24, 2.45) is 0 Å². The second-order valence-electron chi connectivity index (χ2n) is 3.74. The van der Waals surface area contributed by atoms with E-state index in [-0.39, 0.29) is 24.0 Å². The van der Waals surface area contributed by atoms with Crippen LogP contribution in [0.25, 0.3) is 0 Å². The Bertz CT molecular complexity index is 437. The third-order valence-corrected chi connectivity index (χ3v) is 4.31. The summed E-state index contributed by atoms with van der Waals surface area (Å²) in [6, 6.07) is 0. The molecule has 1 saturated heterocycles. The number of hydrogen-bond donors (Lipinski definition) is 1.